The predicted octanol–water partition coefficient (Wildman–Crippen LogP) is 2.54. The second kappa shape index (κ2) is 6.85. The van der Waals surface area contributed by atoms with Crippen molar-refractivity contribution in [2.45, 2.75) is 20.0 Å². The summed E-state index contributed by atoms with van der Waals surface area (Å²) >= 11 is 0. The minimum Gasteiger partial charge on any atom is -0.385 e. The van der Waals surface area contributed by atoms with Gasteiger partial charge in [-0.1, -0.05) is 6.07 Å². The van der Waals surface area contributed by atoms with Gasteiger partial charge in [-0.05, 0) is 38.2 Å². The summed E-state index contributed by atoms with van der Waals surface area (Å²) in [7, 11) is 2.08. The summed E-state index contributed by atoms with van der Waals surface area (Å²) in [6.07, 6.45) is 3.68. The third kappa shape index (κ3) is 4.34. The van der Waals surface area contributed by atoms with Gasteiger partial charge in [0.15, 0.2) is 0 Å². The molecule has 0 amide bonds. The van der Waals surface area contributed by atoms with Crippen LogP contribution in [0.5, 0.6) is 0 Å². The van der Waals surface area contributed by atoms with Crippen LogP contribution in [0.1, 0.15) is 18.3 Å². The van der Waals surface area contributed by atoms with E-state index in [-0.39, 0.29) is 0 Å². The fourth-order valence-electron chi connectivity index (χ4n) is 1.98. The summed E-state index contributed by atoms with van der Waals surface area (Å²) in [4.78, 5) is 10.9. The number of nitrogens with zero attached hydrogens (tertiary/aromatic N) is 3. The molecule has 0 unspecified atom stereocenters. The van der Waals surface area contributed by atoms with Gasteiger partial charge in [-0.15, -0.1) is 0 Å². The van der Waals surface area contributed by atoms with E-state index in [9.17, 15) is 0 Å². The molecule has 0 fully saturated rings. The molecule has 2 heterocycles. The van der Waals surface area contributed by atoms with Crippen molar-refractivity contribution in [1.82, 2.24) is 14.9 Å². The van der Waals surface area contributed by atoms with Crippen molar-refractivity contribution in [2.24, 2.45) is 0 Å². The number of rotatable bonds is 6. The summed E-state index contributed by atoms with van der Waals surface area (Å²) in [5, 5.41) is 3.30. The van der Waals surface area contributed by atoms with Gasteiger partial charge in [0.25, 0.3) is 0 Å². The van der Waals surface area contributed by atoms with Gasteiger partial charge in [0.2, 0.25) is 0 Å². The Morgan fingerprint density at radius 3 is 2.58 bits per heavy atom. The molecular weight excluding hydrogens is 236 g/mol. The molecule has 4 heteroatoms. The standard InChI is InChI=1S/C15H20N4/c1-3-16-13-7-9-18-15(10-13)12-19(2)11-14-6-4-5-8-17-14/h4-10H,3,11-12H2,1-2H3,(H,16,18). The maximum atomic E-state index is 4.40. The van der Waals surface area contributed by atoms with Crippen molar-refractivity contribution >= 4 is 5.69 Å². The Morgan fingerprint density at radius 2 is 1.84 bits per heavy atom. The number of nitrogens with one attached hydrogen (secondary N) is 1. The fraction of sp³-hybridized carbons (Fsp3) is 0.333. The molecule has 2 rings (SSSR count). The lowest BCUT2D eigenvalue weighted by molar-refractivity contribution is 0.311. The van der Waals surface area contributed by atoms with Crippen LogP contribution in [-0.2, 0) is 13.1 Å². The first-order valence-electron chi connectivity index (χ1n) is 6.55. The van der Waals surface area contributed by atoms with Crippen LogP contribution in [0.3, 0.4) is 0 Å². The lowest BCUT2D eigenvalue weighted by Crippen LogP contribution is -2.18. The maximum absolute atomic E-state index is 4.40. The second-order valence-corrected chi connectivity index (χ2v) is 4.56. The molecule has 0 aromatic carbocycles. The van der Waals surface area contributed by atoms with E-state index < -0.39 is 0 Å². The summed E-state index contributed by atoms with van der Waals surface area (Å²) in [5.74, 6) is 0. The highest BCUT2D eigenvalue weighted by Gasteiger charge is 2.04. The van der Waals surface area contributed by atoms with E-state index in [2.05, 4.69) is 40.2 Å². The predicted molar refractivity (Wildman–Crippen MR) is 77.8 cm³/mol. The third-order valence-electron chi connectivity index (χ3n) is 2.79. The van der Waals surface area contributed by atoms with Crippen LogP contribution in [0.15, 0.2) is 42.7 Å². The Bertz CT molecular complexity index is 499. The molecule has 0 saturated carbocycles. The molecule has 2 aromatic rings. The zero-order chi connectivity index (χ0) is 13.5. The molecule has 100 valence electrons. The quantitative estimate of drug-likeness (QED) is 0.862. The smallest absolute Gasteiger partial charge is 0.0564 e. The van der Waals surface area contributed by atoms with Crippen molar-refractivity contribution in [3.05, 3.63) is 54.1 Å². The van der Waals surface area contributed by atoms with Gasteiger partial charge in [0, 0.05) is 37.7 Å². The normalized spacial score (nSPS) is 10.7. The number of aromatic nitrogens is 2. The van der Waals surface area contributed by atoms with E-state index in [0.29, 0.717) is 0 Å². The molecule has 0 aliphatic heterocycles. The topological polar surface area (TPSA) is 41.1 Å². The first-order valence-corrected chi connectivity index (χ1v) is 6.55. The average molecular weight is 256 g/mol. The highest BCUT2D eigenvalue weighted by molar-refractivity contribution is 5.42. The molecule has 0 bridgehead atoms. The van der Waals surface area contributed by atoms with Gasteiger partial charge in [-0.25, -0.2) is 0 Å². The Hall–Kier alpha value is -1.94. The van der Waals surface area contributed by atoms with Gasteiger partial charge in [-0.2, -0.15) is 0 Å². The molecule has 0 aliphatic rings. The van der Waals surface area contributed by atoms with E-state index in [4.69, 9.17) is 0 Å². The van der Waals surface area contributed by atoms with E-state index in [0.717, 1.165) is 36.7 Å². The summed E-state index contributed by atoms with van der Waals surface area (Å²) in [6.45, 7) is 4.66. The van der Waals surface area contributed by atoms with Crippen molar-refractivity contribution < 1.29 is 0 Å². The van der Waals surface area contributed by atoms with Crippen LogP contribution in [0.4, 0.5) is 5.69 Å². The van der Waals surface area contributed by atoms with Crippen LogP contribution in [0.2, 0.25) is 0 Å². The number of hydrogen-bond donors (Lipinski definition) is 1. The molecule has 0 radical (unpaired) electrons. The van der Waals surface area contributed by atoms with Gasteiger partial charge in [0.1, 0.15) is 0 Å². The van der Waals surface area contributed by atoms with Gasteiger partial charge < -0.3 is 5.32 Å². The zero-order valence-electron chi connectivity index (χ0n) is 11.5. The Morgan fingerprint density at radius 1 is 1.05 bits per heavy atom. The maximum Gasteiger partial charge on any atom is 0.0564 e. The lowest BCUT2D eigenvalue weighted by atomic mass is 10.3. The minimum absolute atomic E-state index is 0.815. The summed E-state index contributed by atoms with van der Waals surface area (Å²) < 4.78 is 0. The highest BCUT2D eigenvalue weighted by Crippen LogP contribution is 2.10. The van der Waals surface area contributed by atoms with E-state index in [1.54, 1.807) is 0 Å². The van der Waals surface area contributed by atoms with Crippen LogP contribution in [-0.4, -0.2) is 28.5 Å². The Labute approximate surface area is 114 Å². The Balaban J connectivity index is 1.95. The fourth-order valence-corrected chi connectivity index (χ4v) is 1.98. The molecule has 19 heavy (non-hydrogen) atoms. The first kappa shape index (κ1) is 13.5. The highest BCUT2D eigenvalue weighted by atomic mass is 15.1. The summed E-state index contributed by atoms with van der Waals surface area (Å²) in [5.41, 5.74) is 3.27. The number of anilines is 1. The average Bonchev–Trinajstić information content (AvgIpc) is 2.40. The van der Waals surface area contributed by atoms with Crippen molar-refractivity contribution in [2.75, 3.05) is 18.9 Å². The molecule has 4 nitrogen and oxygen atoms in total. The first-order chi connectivity index (χ1) is 9.28. The van der Waals surface area contributed by atoms with Gasteiger partial charge in [0.05, 0.1) is 11.4 Å². The van der Waals surface area contributed by atoms with E-state index in [1.165, 1.54) is 0 Å². The number of hydrogen-bond acceptors (Lipinski definition) is 4. The molecule has 0 saturated heterocycles. The molecule has 1 N–H and O–H groups in total. The van der Waals surface area contributed by atoms with E-state index >= 15 is 0 Å². The molecular formula is C15H20N4. The van der Waals surface area contributed by atoms with E-state index in [1.807, 2.05) is 36.7 Å². The monoisotopic (exact) mass is 256 g/mol. The molecule has 0 aliphatic carbocycles. The Kier molecular flexibility index (Phi) is 4.86. The van der Waals surface area contributed by atoms with Crippen molar-refractivity contribution in [3.8, 4) is 0 Å². The van der Waals surface area contributed by atoms with Crippen LogP contribution >= 0.6 is 0 Å². The molecule has 0 spiro atoms. The third-order valence-corrected chi connectivity index (χ3v) is 2.79. The lowest BCUT2D eigenvalue weighted by Gasteiger charge is -2.16. The van der Waals surface area contributed by atoms with Crippen LogP contribution in [0, 0.1) is 0 Å². The second-order valence-electron chi connectivity index (χ2n) is 4.56. The van der Waals surface area contributed by atoms with Crippen molar-refractivity contribution in [3.63, 3.8) is 0 Å². The van der Waals surface area contributed by atoms with Crippen molar-refractivity contribution in [1.29, 1.82) is 0 Å². The molecule has 0 atom stereocenters. The largest absolute Gasteiger partial charge is 0.385 e. The van der Waals surface area contributed by atoms with Crippen LogP contribution in [0.25, 0.3) is 0 Å². The number of pyridine rings is 2. The van der Waals surface area contributed by atoms with Crippen LogP contribution < -0.4 is 5.32 Å². The SMILES string of the molecule is CCNc1ccnc(CN(C)Cc2ccccn2)c1. The van der Waals surface area contributed by atoms with Gasteiger partial charge >= 0.3 is 0 Å². The van der Waals surface area contributed by atoms with Gasteiger partial charge in [-0.3, -0.25) is 14.9 Å². The zero-order valence-corrected chi connectivity index (χ0v) is 11.5. The molecule has 2 aromatic heterocycles. The summed E-state index contributed by atoms with van der Waals surface area (Å²) in [6, 6.07) is 10.1. The minimum atomic E-state index is 0.815.